The standard InChI is InChI=1S/C18H21N5OS/c1-3-12-6-5-7-13(4-2)17(12)20-16(24)11-25-18-22-21-15-9-8-14(19)10-23(15)18/h5-10H,3-4,11,19H2,1-2H3,(H,20,24). The number of rotatable bonds is 6. The lowest BCUT2D eigenvalue weighted by atomic mass is 10.0. The van der Waals surface area contributed by atoms with E-state index < -0.39 is 0 Å². The van der Waals surface area contributed by atoms with E-state index in [2.05, 4.69) is 41.5 Å². The third kappa shape index (κ3) is 3.76. The Morgan fingerprint density at radius 2 is 1.88 bits per heavy atom. The van der Waals surface area contributed by atoms with Crippen LogP contribution < -0.4 is 11.1 Å². The maximum atomic E-state index is 12.4. The summed E-state index contributed by atoms with van der Waals surface area (Å²) in [7, 11) is 0. The van der Waals surface area contributed by atoms with Crippen LogP contribution in [0, 0.1) is 0 Å². The molecule has 0 atom stereocenters. The molecule has 2 aromatic heterocycles. The Labute approximate surface area is 150 Å². The fourth-order valence-corrected chi connectivity index (χ4v) is 3.41. The van der Waals surface area contributed by atoms with E-state index in [9.17, 15) is 4.79 Å². The second kappa shape index (κ2) is 7.57. The number of aromatic nitrogens is 3. The first-order valence-electron chi connectivity index (χ1n) is 8.26. The Morgan fingerprint density at radius 1 is 1.16 bits per heavy atom. The van der Waals surface area contributed by atoms with Crippen molar-refractivity contribution in [2.24, 2.45) is 0 Å². The zero-order valence-electron chi connectivity index (χ0n) is 14.3. The fraction of sp³-hybridized carbons (Fsp3) is 0.278. The highest BCUT2D eigenvalue weighted by atomic mass is 32.2. The molecule has 0 aliphatic carbocycles. The highest BCUT2D eigenvalue weighted by Gasteiger charge is 2.13. The molecule has 0 aliphatic rings. The minimum Gasteiger partial charge on any atom is -0.398 e. The lowest BCUT2D eigenvalue weighted by Crippen LogP contribution is -2.17. The van der Waals surface area contributed by atoms with E-state index in [1.807, 2.05) is 6.07 Å². The van der Waals surface area contributed by atoms with Crippen LogP contribution >= 0.6 is 11.8 Å². The van der Waals surface area contributed by atoms with Crippen molar-refractivity contribution < 1.29 is 4.79 Å². The number of thioether (sulfide) groups is 1. The van der Waals surface area contributed by atoms with Gasteiger partial charge in [-0.1, -0.05) is 43.8 Å². The van der Waals surface area contributed by atoms with Crippen molar-refractivity contribution in [2.75, 3.05) is 16.8 Å². The maximum Gasteiger partial charge on any atom is 0.234 e. The second-order valence-corrected chi connectivity index (χ2v) is 6.61. The third-order valence-corrected chi connectivity index (χ3v) is 4.93. The smallest absolute Gasteiger partial charge is 0.234 e. The summed E-state index contributed by atoms with van der Waals surface area (Å²) in [6.45, 7) is 4.18. The quantitative estimate of drug-likeness (QED) is 0.663. The molecule has 3 N–H and O–H groups in total. The van der Waals surface area contributed by atoms with E-state index in [1.54, 1.807) is 22.7 Å². The molecule has 0 radical (unpaired) electrons. The number of anilines is 2. The van der Waals surface area contributed by atoms with Crippen molar-refractivity contribution in [1.82, 2.24) is 14.6 Å². The average Bonchev–Trinajstić information content (AvgIpc) is 3.02. The number of para-hydroxylation sites is 1. The van der Waals surface area contributed by atoms with Crippen LogP contribution in [-0.2, 0) is 17.6 Å². The molecule has 3 aromatic rings. The van der Waals surface area contributed by atoms with Crippen LogP contribution in [0.1, 0.15) is 25.0 Å². The Balaban J connectivity index is 1.72. The van der Waals surface area contributed by atoms with Crippen molar-refractivity contribution >= 4 is 34.7 Å². The van der Waals surface area contributed by atoms with Crippen LogP contribution in [0.4, 0.5) is 11.4 Å². The molecule has 1 amide bonds. The van der Waals surface area contributed by atoms with E-state index in [4.69, 9.17) is 5.73 Å². The number of aryl methyl sites for hydroxylation is 2. The molecule has 1 aromatic carbocycles. The van der Waals surface area contributed by atoms with Crippen molar-refractivity contribution in [3.05, 3.63) is 47.7 Å². The first-order valence-corrected chi connectivity index (χ1v) is 9.24. The van der Waals surface area contributed by atoms with E-state index in [0.29, 0.717) is 16.5 Å². The molecular weight excluding hydrogens is 334 g/mol. The Morgan fingerprint density at radius 3 is 2.56 bits per heavy atom. The molecule has 0 saturated heterocycles. The lowest BCUT2D eigenvalue weighted by molar-refractivity contribution is -0.113. The van der Waals surface area contributed by atoms with Gasteiger partial charge >= 0.3 is 0 Å². The van der Waals surface area contributed by atoms with Crippen LogP contribution in [0.25, 0.3) is 5.65 Å². The molecule has 130 valence electrons. The van der Waals surface area contributed by atoms with Gasteiger partial charge in [0.2, 0.25) is 5.91 Å². The van der Waals surface area contributed by atoms with Crippen LogP contribution in [0.2, 0.25) is 0 Å². The summed E-state index contributed by atoms with van der Waals surface area (Å²) in [5, 5.41) is 11.9. The number of hydrogen-bond acceptors (Lipinski definition) is 5. The van der Waals surface area contributed by atoms with E-state index in [-0.39, 0.29) is 11.7 Å². The molecule has 0 aliphatic heterocycles. The second-order valence-electron chi connectivity index (χ2n) is 5.67. The van der Waals surface area contributed by atoms with Gasteiger partial charge in [-0.15, -0.1) is 10.2 Å². The molecule has 0 saturated carbocycles. The van der Waals surface area contributed by atoms with Crippen LogP contribution in [0.15, 0.2) is 41.7 Å². The average molecular weight is 355 g/mol. The van der Waals surface area contributed by atoms with Crippen LogP contribution in [0.5, 0.6) is 0 Å². The number of hydrogen-bond donors (Lipinski definition) is 2. The molecule has 0 fully saturated rings. The Kier molecular flexibility index (Phi) is 5.23. The van der Waals surface area contributed by atoms with E-state index in [0.717, 1.165) is 29.7 Å². The summed E-state index contributed by atoms with van der Waals surface area (Å²) in [4.78, 5) is 12.4. The van der Waals surface area contributed by atoms with Gasteiger partial charge < -0.3 is 11.1 Å². The van der Waals surface area contributed by atoms with Crippen molar-refractivity contribution in [1.29, 1.82) is 0 Å². The molecular formula is C18H21N5OS. The largest absolute Gasteiger partial charge is 0.398 e. The number of nitrogens with zero attached hydrogens (tertiary/aromatic N) is 3. The number of amides is 1. The highest BCUT2D eigenvalue weighted by Crippen LogP contribution is 2.24. The zero-order chi connectivity index (χ0) is 17.8. The molecule has 25 heavy (non-hydrogen) atoms. The van der Waals surface area contributed by atoms with Gasteiger partial charge in [0.25, 0.3) is 0 Å². The number of nitrogens with one attached hydrogen (secondary N) is 1. The van der Waals surface area contributed by atoms with Gasteiger partial charge in [-0.2, -0.15) is 0 Å². The molecule has 7 heteroatoms. The van der Waals surface area contributed by atoms with E-state index >= 15 is 0 Å². The Bertz CT molecular complexity index is 883. The number of benzene rings is 1. The number of nitrogen functional groups attached to an aromatic ring is 1. The van der Waals surface area contributed by atoms with Gasteiger partial charge in [0.15, 0.2) is 10.8 Å². The number of nitrogens with two attached hydrogens (primary N) is 1. The Hall–Kier alpha value is -2.54. The summed E-state index contributed by atoms with van der Waals surface area (Å²) >= 11 is 1.34. The minimum atomic E-state index is -0.0544. The van der Waals surface area contributed by atoms with Gasteiger partial charge in [-0.3, -0.25) is 9.20 Å². The van der Waals surface area contributed by atoms with Gasteiger partial charge in [-0.05, 0) is 36.1 Å². The fourth-order valence-electron chi connectivity index (χ4n) is 2.69. The summed E-state index contributed by atoms with van der Waals surface area (Å²) < 4.78 is 1.80. The van der Waals surface area contributed by atoms with Gasteiger partial charge in [0.1, 0.15) is 0 Å². The molecule has 6 nitrogen and oxygen atoms in total. The number of pyridine rings is 1. The topological polar surface area (TPSA) is 85.3 Å². The first-order chi connectivity index (χ1) is 12.1. The van der Waals surface area contributed by atoms with Gasteiger partial charge in [0, 0.05) is 17.6 Å². The van der Waals surface area contributed by atoms with Crippen LogP contribution in [0.3, 0.4) is 0 Å². The molecule has 2 heterocycles. The highest BCUT2D eigenvalue weighted by molar-refractivity contribution is 7.99. The minimum absolute atomic E-state index is 0.0544. The van der Waals surface area contributed by atoms with Gasteiger partial charge in [-0.25, -0.2) is 0 Å². The van der Waals surface area contributed by atoms with E-state index in [1.165, 1.54) is 11.8 Å². The predicted octanol–water partition coefficient (Wildman–Crippen LogP) is 3.17. The monoisotopic (exact) mass is 355 g/mol. The molecule has 0 bridgehead atoms. The first kappa shape index (κ1) is 17.3. The SMILES string of the molecule is CCc1cccc(CC)c1NC(=O)CSc1nnc2ccc(N)cn12. The molecule has 3 rings (SSSR count). The number of carbonyl (C=O) groups is 1. The zero-order valence-corrected chi connectivity index (χ0v) is 15.1. The van der Waals surface area contributed by atoms with Crippen molar-refractivity contribution in [2.45, 2.75) is 31.8 Å². The summed E-state index contributed by atoms with van der Waals surface area (Å²) in [6.07, 6.45) is 3.52. The predicted molar refractivity (Wildman–Crippen MR) is 102 cm³/mol. The summed E-state index contributed by atoms with van der Waals surface area (Å²) in [6, 6.07) is 9.72. The molecule has 0 unspecified atom stereocenters. The summed E-state index contributed by atoms with van der Waals surface area (Å²) in [5.41, 5.74) is 10.4. The number of fused-ring (bicyclic) bond motifs is 1. The summed E-state index contributed by atoms with van der Waals surface area (Å²) in [5.74, 6) is 0.206. The normalized spacial score (nSPS) is 11.0. The number of carbonyl (C=O) groups excluding carboxylic acids is 1. The van der Waals surface area contributed by atoms with Gasteiger partial charge in [0.05, 0.1) is 5.75 Å². The van der Waals surface area contributed by atoms with Crippen molar-refractivity contribution in [3.63, 3.8) is 0 Å². The van der Waals surface area contributed by atoms with Crippen LogP contribution in [-0.4, -0.2) is 26.3 Å². The maximum absolute atomic E-state index is 12.4. The molecule has 0 spiro atoms. The lowest BCUT2D eigenvalue weighted by Gasteiger charge is -2.14. The van der Waals surface area contributed by atoms with Crippen molar-refractivity contribution in [3.8, 4) is 0 Å². The third-order valence-electron chi connectivity index (χ3n) is 3.99.